The third-order valence-electron chi connectivity index (χ3n) is 4.27. The molecular formula is C18H30N2O. The molecule has 21 heavy (non-hydrogen) atoms. The van der Waals surface area contributed by atoms with Crippen LogP contribution in [0.4, 0.5) is 5.69 Å². The molecule has 0 spiro atoms. The minimum absolute atomic E-state index is 0.152. The summed E-state index contributed by atoms with van der Waals surface area (Å²) in [6, 6.07) is 7.56. The molecule has 1 fully saturated rings. The molecule has 1 heterocycles. The first-order valence-electron chi connectivity index (χ1n) is 8.08. The van der Waals surface area contributed by atoms with Gasteiger partial charge in [0.1, 0.15) is 5.75 Å². The van der Waals surface area contributed by atoms with Crippen molar-refractivity contribution in [2.45, 2.75) is 64.5 Å². The molecule has 2 unspecified atom stereocenters. The zero-order valence-corrected chi connectivity index (χ0v) is 14.1. The molecular weight excluding hydrogens is 260 g/mol. The summed E-state index contributed by atoms with van der Waals surface area (Å²) in [5.41, 5.74) is 2.59. The number of rotatable bonds is 5. The normalized spacial score (nSPS) is 20.3. The number of benzene rings is 1. The van der Waals surface area contributed by atoms with E-state index < -0.39 is 0 Å². The van der Waals surface area contributed by atoms with Crippen molar-refractivity contribution in [3.05, 3.63) is 23.8 Å². The van der Waals surface area contributed by atoms with Crippen LogP contribution < -0.4 is 15.4 Å². The predicted octanol–water partition coefficient (Wildman–Crippen LogP) is 3.94. The lowest BCUT2D eigenvalue weighted by molar-refractivity contribution is 0.414. The number of nitrogens with one attached hydrogen (secondary N) is 2. The van der Waals surface area contributed by atoms with Gasteiger partial charge in [0.15, 0.2) is 0 Å². The molecule has 0 saturated carbocycles. The van der Waals surface area contributed by atoms with Gasteiger partial charge in [-0.1, -0.05) is 26.8 Å². The van der Waals surface area contributed by atoms with E-state index in [9.17, 15) is 0 Å². The monoisotopic (exact) mass is 290 g/mol. The van der Waals surface area contributed by atoms with E-state index >= 15 is 0 Å². The second-order valence-electron chi connectivity index (χ2n) is 7.24. The van der Waals surface area contributed by atoms with Crippen LogP contribution in [0.15, 0.2) is 18.2 Å². The highest BCUT2D eigenvalue weighted by Gasteiger charge is 2.19. The molecule has 1 aromatic carbocycles. The Morgan fingerprint density at radius 1 is 1.38 bits per heavy atom. The summed E-state index contributed by atoms with van der Waals surface area (Å²) < 4.78 is 5.51. The fraction of sp³-hybridized carbons (Fsp3) is 0.667. The molecule has 2 N–H and O–H groups in total. The second-order valence-corrected chi connectivity index (χ2v) is 7.24. The number of hydrogen-bond donors (Lipinski definition) is 2. The third kappa shape index (κ3) is 4.37. The molecule has 0 radical (unpaired) electrons. The molecule has 2 atom stereocenters. The van der Waals surface area contributed by atoms with E-state index in [4.69, 9.17) is 4.74 Å². The summed E-state index contributed by atoms with van der Waals surface area (Å²) in [6.45, 7) is 10.1. The van der Waals surface area contributed by atoms with Gasteiger partial charge in [0.2, 0.25) is 0 Å². The summed E-state index contributed by atoms with van der Waals surface area (Å²) in [5.74, 6) is 0.925. The van der Waals surface area contributed by atoms with Gasteiger partial charge >= 0.3 is 0 Å². The Bertz CT molecular complexity index is 459. The van der Waals surface area contributed by atoms with Crippen LogP contribution in [0.5, 0.6) is 5.75 Å². The van der Waals surface area contributed by atoms with Crippen molar-refractivity contribution in [1.82, 2.24) is 5.32 Å². The molecule has 1 aliphatic rings. The highest BCUT2D eigenvalue weighted by molar-refractivity contribution is 5.59. The number of methoxy groups -OCH3 is 1. The van der Waals surface area contributed by atoms with Crippen molar-refractivity contribution in [2.75, 3.05) is 19.0 Å². The van der Waals surface area contributed by atoms with Crippen LogP contribution in [0.2, 0.25) is 0 Å². The first-order valence-corrected chi connectivity index (χ1v) is 8.08. The van der Waals surface area contributed by atoms with Crippen molar-refractivity contribution < 1.29 is 4.74 Å². The number of ether oxygens (including phenoxy) is 1. The van der Waals surface area contributed by atoms with Gasteiger partial charge in [-0.2, -0.15) is 0 Å². The van der Waals surface area contributed by atoms with Crippen molar-refractivity contribution in [3.8, 4) is 5.75 Å². The van der Waals surface area contributed by atoms with Gasteiger partial charge in [-0.3, -0.25) is 0 Å². The zero-order chi connectivity index (χ0) is 15.5. The number of hydrogen-bond acceptors (Lipinski definition) is 3. The van der Waals surface area contributed by atoms with Gasteiger partial charge in [0, 0.05) is 12.1 Å². The minimum Gasteiger partial charge on any atom is -0.495 e. The predicted molar refractivity (Wildman–Crippen MR) is 90.4 cm³/mol. The quantitative estimate of drug-likeness (QED) is 0.862. The topological polar surface area (TPSA) is 33.3 Å². The van der Waals surface area contributed by atoms with Crippen LogP contribution in [0, 0.1) is 0 Å². The lowest BCUT2D eigenvalue weighted by Gasteiger charge is -2.24. The van der Waals surface area contributed by atoms with Crippen LogP contribution in [-0.2, 0) is 5.41 Å². The van der Waals surface area contributed by atoms with Crippen molar-refractivity contribution >= 4 is 5.69 Å². The van der Waals surface area contributed by atoms with Crippen LogP contribution in [0.1, 0.15) is 52.5 Å². The first-order chi connectivity index (χ1) is 9.90. The fourth-order valence-electron chi connectivity index (χ4n) is 3.00. The lowest BCUT2D eigenvalue weighted by atomic mass is 9.86. The average Bonchev–Trinajstić information content (AvgIpc) is 2.90. The SMILES string of the molecule is COc1ccc(C(C)(C)C)cc1NC(C)CC1CCCN1. The third-order valence-corrected chi connectivity index (χ3v) is 4.27. The molecule has 3 nitrogen and oxygen atoms in total. The highest BCUT2D eigenvalue weighted by atomic mass is 16.5. The summed E-state index contributed by atoms with van der Waals surface area (Å²) >= 11 is 0. The van der Waals surface area contributed by atoms with Crippen LogP contribution in [0.3, 0.4) is 0 Å². The van der Waals surface area contributed by atoms with Gasteiger partial charge in [-0.05, 0) is 55.8 Å². The lowest BCUT2D eigenvalue weighted by Crippen LogP contribution is -2.29. The highest BCUT2D eigenvalue weighted by Crippen LogP contribution is 2.32. The van der Waals surface area contributed by atoms with Crippen LogP contribution in [-0.4, -0.2) is 25.7 Å². The van der Waals surface area contributed by atoms with Gasteiger partial charge in [0.25, 0.3) is 0 Å². The Labute approximate surface area is 129 Å². The molecule has 0 amide bonds. The molecule has 1 saturated heterocycles. The van der Waals surface area contributed by atoms with E-state index in [1.165, 1.54) is 24.9 Å². The first kappa shape index (κ1) is 16.2. The van der Waals surface area contributed by atoms with E-state index in [1.54, 1.807) is 7.11 Å². The Morgan fingerprint density at radius 3 is 2.71 bits per heavy atom. The molecule has 118 valence electrons. The Hall–Kier alpha value is -1.22. The fourth-order valence-corrected chi connectivity index (χ4v) is 3.00. The standard InChI is InChI=1S/C18H30N2O/c1-13(11-15-7-6-10-19-15)20-16-12-14(18(2,3)4)8-9-17(16)21-5/h8-9,12-13,15,19-20H,6-7,10-11H2,1-5H3. The molecule has 0 aromatic heterocycles. The Morgan fingerprint density at radius 2 is 2.14 bits per heavy atom. The molecule has 2 rings (SSSR count). The number of anilines is 1. The summed E-state index contributed by atoms with van der Waals surface area (Å²) in [5, 5.41) is 7.20. The summed E-state index contributed by atoms with van der Waals surface area (Å²) in [7, 11) is 1.74. The van der Waals surface area contributed by atoms with Gasteiger partial charge in [-0.15, -0.1) is 0 Å². The van der Waals surface area contributed by atoms with Gasteiger partial charge in [-0.25, -0.2) is 0 Å². The molecule has 0 aliphatic carbocycles. The maximum Gasteiger partial charge on any atom is 0.141 e. The van der Waals surface area contributed by atoms with Crippen LogP contribution >= 0.6 is 0 Å². The second kappa shape index (κ2) is 6.69. The zero-order valence-electron chi connectivity index (χ0n) is 14.1. The average molecular weight is 290 g/mol. The van der Waals surface area contributed by atoms with Crippen molar-refractivity contribution in [3.63, 3.8) is 0 Å². The van der Waals surface area contributed by atoms with E-state index in [2.05, 4.69) is 56.5 Å². The van der Waals surface area contributed by atoms with Crippen molar-refractivity contribution in [2.24, 2.45) is 0 Å². The van der Waals surface area contributed by atoms with Gasteiger partial charge < -0.3 is 15.4 Å². The largest absolute Gasteiger partial charge is 0.495 e. The molecule has 3 heteroatoms. The molecule has 1 aliphatic heterocycles. The smallest absolute Gasteiger partial charge is 0.141 e. The van der Waals surface area contributed by atoms with Crippen LogP contribution in [0.25, 0.3) is 0 Å². The Balaban J connectivity index is 2.09. The van der Waals surface area contributed by atoms with Gasteiger partial charge in [0.05, 0.1) is 12.8 Å². The summed E-state index contributed by atoms with van der Waals surface area (Å²) in [4.78, 5) is 0. The Kier molecular flexibility index (Phi) is 5.15. The maximum atomic E-state index is 5.51. The van der Waals surface area contributed by atoms with E-state index in [1.807, 2.05) is 0 Å². The van der Waals surface area contributed by atoms with E-state index in [-0.39, 0.29) is 5.41 Å². The van der Waals surface area contributed by atoms with E-state index in [0.29, 0.717) is 12.1 Å². The minimum atomic E-state index is 0.152. The van der Waals surface area contributed by atoms with Crippen molar-refractivity contribution in [1.29, 1.82) is 0 Å². The molecule has 0 bridgehead atoms. The summed E-state index contributed by atoms with van der Waals surface area (Å²) in [6.07, 6.45) is 3.76. The maximum absolute atomic E-state index is 5.51. The molecule has 1 aromatic rings. The van der Waals surface area contributed by atoms with E-state index in [0.717, 1.165) is 17.9 Å².